The Hall–Kier alpha value is -0.810. The summed E-state index contributed by atoms with van der Waals surface area (Å²) in [5.41, 5.74) is -0.483. The van der Waals surface area contributed by atoms with E-state index in [9.17, 15) is 9.90 Å². The zero-order valence-corrected chi connectivity index (χ0v) is 8.42. The second-order valence-electron chi connectivity index (χ2n) is 4.11. The first kappa shape index (κ1) is 10.3. The number of nitrogens with one attached hydrogen (secondary N) is 1. The normalized spacial score (nSPS) is 31.9. The molecule has 5 nitrogen and oxygen atoms in total. The van der Waals surface area contributed by atoms with Gasteiger partial charge >= 0.3 is 6.03 Å². The minimum atomic E-state index is -1.25. The molecular formula is C8H16N2O3. The van der Waals surface area contributed by atoms with Gasteiger partial charge < -0.3 is 10.4 Å². The lowest BCUT2D eigenvalue weighted by atomic mass is 9.97. The number of nitrogens with zero attached hydrogens (tertiary/aromatic N) is 1. The van der Waals surface area contributed by atoms with E-state index in [0.717, 1.165) is 0 Å². The van der Waals surface area contributed by atoms with Crippen LogP contribution >= 0.6 is 0 Å². The number of hydroxylamine groups is 2. The Balaban J connectivity index is 2.82. The van der Waals surface area contributed by atoms with Crippen molar-refractivity contribution in [2.45, 2.75) is 38.5 Å². The summed E-state index contributed by atoms with van der Waals surface area (Å²) in [7, 11) is 1.52. The standard InChI is InChI=1S/C8H16N2O3/c1-7(2)5-8(3,12)13-10(7)6(11)9-4/h12H,5H2,1-4H3,(H,9,11)/t8-/m0/s1. The van der Waals surface area contributed by atoms with Gasteiger partial charge in [0, 0.05) is 13.5 Å². The lowest BCUT2D eigenvalue weighted by molar-refractivity contribution is -0.258. The van der Waals surface area contributed by atoms with Gasteiger partial charge in [0.2, 0.25) is 0 Å². The highest BCUT2D eigenvalue weighted by atomic mass is 16.8. The fourth-order valence-corrected chi connectivity index (χ4v) is 1.64. The minimum Gasteiger partial charge on any atom is -0.364 e. The van der Waals surface area contributed by atoms with Gasteiger partial charge in [0.15, 0.2) is 5.79 Å². The van der Waals surface area contributed by atoms with Crippen LogP contribution in [0.4, 0.5) is 4.79 Å². The molecule has 1 saturated heterocycles. The number of hydrogen-bond acceptors (Lipinski definition) is 3. The molecule has 0 unspecified atom stereocenters. The third kappa shape index (κ3) is 1.92. The van der Waals surface area contributed by atoms with Gasteiger partial charge in [0.05, 0.1) is 5.54 Å². The Labute approximate surface area is 77.6 Å². The molecule has 0 aromatic rings. The molecule has 13 heavy (non-hydrogen) atoms. The van der Waals surface area contributed by atoms with Crippen LogP contribution in [0.15, 0.2) is 0 Å². The molecule has 0 spiro atoms. The molecule has 1 aliphatic rings. The molecule has 0 aromatic heterocycles. The molecule has 76 valence electrons. The molecule has 1 aliphatic heterocycles. The van der Waals surface area contributed by atoms with Gasteiger partial charge in [-0.1, -0.05) is 0 Å². The predicted molar refractivity (Wildman–Crippen MR) is 46.7 cm³/mol. The number of carbonyl (C=O) groups excluding carboxylic acids is 1. The second-order valence-corrected chi connectivity index (χ2v) is 4.11. The smallest absolute Gasteiger partial charge is 0.341 e. The highest BCUT2D eigenvalue weighted by Crippen LogP contribution is 2.36. The molecular weight excluding hydrogens is 172 g/mol. The van der Waals surface area contributed by atoms with Gasteiger partial charge in [-0.25, -0.2) is 9.63 Å². The van der Waals surface area contributed by atoms with Crippen LogP contribution in [0.2, 0.25) is 0 Å². The summed E-state index contributed by atoms with van der Waals surface area (Å²) in [5, 5.41) is 13.2. The van der Waals surface area contributed by atoms with E-state index in [1.165, 1.54) is 19.0 Å². The van der Waals surface area contributed by atoms with Crippen LogP contribution in [0.5, 0.6) is 0 Å². The Kier molecular flexibility index (Phi) is 2.25. The van der Waals surface area contributed by atoms with E-state index in [0.29, 0.717) is 6.42 Å². The van der Waals surface area contributed by atoms with Crippen molar-refractivity contribution in [3.8, 4) is 0 Å². The van der Waals surface area contributed by atoms with Crippen molar-refractivity contribution >= 4 is 6.03 Å². The van der Waals surface area contributed by atoms with Gasteiger partial charge in [0.1, 0.15) is 0 Å². The summed E-state index contributed by atoms with van der Waals surface area (Å²) in [6, 6.07) is -0.345. The molecule has 0 saturated carbocycles. The van der Waals surface area contributed by atoms with Crippen LogP contribution in [-0.4, -0.2) is 34.6 Å². The third-order valence-corrected chi connectivity index (χ3v) is 2.00. The number of hydrogen-bond donors (Lipinski definition) is 2. The van der Waals surface area contributed by atoms with Crippen LogP contribution in [0, 0.1) is 0 Å². The summed E-state index contributed by atoms with van der Waals surface area (Å²) in [6.07, 6.45) is 0.396. The Bertz CT molecular complexity index is 225. The highest BCUT2D eigenvalue weighted by molar-refractivity contribution is 5.73. The van der Waals surface area contributed by atoms with Crippen LogP contribution < -0.4 is 5.32 Å². The molecule has 1 heterocycles. The lowest BCUT2D eigenvalue weighted by Gasteiger charge is -2.27. The van der Waals surface area contributed by atoms with Crippen molar-refractivity contribution < 1.29 is 14.7 Å². The summed E-state index contributed by atoms with van der Waals surface area (Å²) < 4.78 is 0. The molecule has 0 aromatic carbocycles. The molecule has 2 N–H and O–H groups in total. The summed E-state index contributed by atoms with van der Waals surface area (Å²) in [6.45, 7) is 5.21. The summed E-state index contributed by atoms with van der Waals surface area (Å²) in [5.74, 6) is -1.25. The maximum Gasteiger partial charge on any atom is 0.341 e. The average molecular weight is 188 g/mol. The van der Waals surface area contributed by atoms with E-state index in [1.54, 1.807) is 0 Å². The molecule has 1 fully saturated rings. The Morgan fingerprint density at radius 1 is 1.54 bits per heavy atom. The number of aliphatic hydroxyl groups is 1. The maximum atomic E-state index is 11.3. The highest BCUT2D eigenvalue weighted by Gasteiger charge is 2.48. The second kappa shape index (κ2) is 2.85. The number of carbonyl (C=O) groups is 1. The third-order valence-electron chi connectivity index (χ3n) is 2.00. The van der Waals surface area contributed by atoms with Gasteiger partial charge in [-0.15, -0.1) is 0 Å². The Morgan fingerprint density at radius 3 is 2.38 bits per heavy atom. The molecule has 0 bridgehead atoms. The minimum absolute atomic E-state index is 0.345. The predicted octanol–water partition coefficient (Wildman–Crippen LogP) is 0.450. The SMILES string of the molecule is CNC(=O)N1O[C@](C)(O)CC1(C)C. The van der Waals surface area contributed by atoms with E-state index >= 15 is 0 Å². The molecule has 2 amide bonds. The van der Waals surface area contributed by atoms with Crippen molar-refractivity contribution in [3.05, 3.63) is 0 Å². The van der Waals surface area contributed by atoms with Gasteiger partial charge in [-0.3, -0.25) is 0 Å². The Morgan fingerprint density at radius 2 is 2.08 bits per heavy atom. The summed E-state index contributed by atoms with van der Waals surface area (Å²) >= 11 is 0. The van der Waals surface area contributed by atoms with Crippen molar-refractivity contribution in [3.63, 3.8) is 0 Å². The first-order valence-corrected chi connectivity index (χ1v) is 4.22. The van der Waals surface area contributed by atoms with E-state index in [4.69, 9.17) is 4.84 Å². The summed E-state index contributed by atoms with van der Waals surface area (Å²) in [4.78, 5) is 16.4. The van der Waals surface area contributed by atoms with Crippen LogP contribution in [0.1, 0.15) is 27.2 Å². The number of urea groups is 1. The molecule has 0 aliphatic carbocycles. The van der Waals surface area contributed by atoms with Gasteiger partial charge in [0.25, 0.3) is 0 Å². The van der Waals surface area contributed by atoms with Crippen molar-refractivity contribution in [1.82, 2.24) is 10.4 Å². The van der Waals surface area contributed by atoms with E-state index in [-0.39, 0.29) is 6.03 Å². The lowest BCUT2D eigenvalue weighted by Crippen LogP contribution is -2.46. The molecule has 1 atom stereocenters. The van der Waals surface area contributed by atoms with E-state index < -0.39 is 11.3 Å². The molecule has 5 heteroatoms. The van der Waals surface area contributed by atoms with Crippen LogP contribution in [0.3, 0.4) is 0 Å². The van der Waals surface area contributed by atoms with E-state index in [1.807, 2.05) is 13.8 Å². The zero-order valence-electron chi connectivity index (χ0n) is 8.42. The molecule has 1 rings (SSSR count). The van der Waals surface area contributed by atoms with Gasteiger partial charge in [-0.2, -0.15) is 5.06 Å². The van der Waals surface area contributed by atoms with Gasteiger partial charge in [-0.05, 0) is 20.8 Å². The zero-order chi connectivity index (χ0) is 10.3. The van der Waals surface area contributed by atoms with Crippen LogP contribution in [0.25, 0.3) is 0 Å². The number of rotatable bonds is 0. The fourth-order valence-electron chi connectivity index (χ4n) is 1.64. The number of amides is 2. The quantitative estimate of drug-likeness (QED) is 0.580. The topological polar surface area (TPSA) is 61.8 Å². The van der Waals surface area contributed by atoms with Crippen molar-refractivity contribution in [1.29, 1.82) is 0 Å². The van der Waals surface area contributed by atoms with E-state index in [2.05, 4.69) is 5.32 Å². The van der Waals surface area contributed by atoms with Crippen molar-refractivity contribution in [2.24, 2.45) is 0 Å². The largest absolute Gasteiger partial charge is 0.364 e. The molecule has 0 radical (unpaired) electrons. The first-order chi connectivity index (χ1) is 5.78. The first-order valence-electron chi connectivity index (χ1n) is 4.22. The fraction of sp³-hybridized carbons (Fsp3) is 0.875. The average Bonchev–Trinajstić information content (AvgIpc) is 2.17. The van der Waals surface area contributed by atoms with Crippen molar-refractivity contribution in [2.75, 3.05) is 7.05 Å². The monoisotopic (exact) mass is 188 g/mol. The van der Waals surface area contributed by atoms with Crippen LogP contribution in [-0.2, 0) is 4.84 Å². The maximum absolute atomic E-state index is 11.3.